The summed E-state index contributed by atoms with van der Waals surface area (Å²) >= 11 is 14.8. The number of rotatable bonds is 21. The van der Waals surface area contributed by atoms with Gasteiger partial charge in [-0.25, -0.2) is 4.79 Å². The van der Waals surface area contributed by atoms with Crippen molar-refractivity contribution in [3.8, 4) is 0 Å². The Labute approximate surface area is 435 Å². The molecule has 0 saturated carbocycles. The normalized spacial score (nSPS) is 16.2. The third-order valence-electron chi connectivity index (χ3n) is 14.1. The van der Waals surface area contributed by atoms with Crippen LogP contribution < -0.4 is 5.32 Å². The maximum absolute atomic E-state index is 14.5. The molecule has 0 radical (unpaired) electrons. The molecule has 7 aromatic carbocycles. The van der Waals surface area contributed by atoms with E-state index in [1.54, 1.807) is 6.07 Å². The van der Waals surface area contributed by atoms with Gasteiger partial charge in [-0.1, -0.05) is 175 Å². The number of hydrogen-bond acceptors (Lipinski definition) is 6. The van der Waals surface area contributed by atoms with Crippen molar-refractivity contribution in [3.05, 3.63) is 238 Å². The minimum atomic E-state index is -1.72. The van der Waals surface area contributed by atoms with Crippen LogP contribution in [0.3, 0.4) is 0 Å². The van der Waals surface area contributed by atoms with E-state index in [0.29, 0.717) is 35.3 Å². The molecule has 2 atom stereocenters. The van der Waals surface area contributed by atoms with Gasteiger partial charge in [0.1, 0.15) is 0 Å². The molecule has 1 N–H and O–H groups in total. The van der Waals surface area contributed by atoms with Gasteiger partial charge < -0.3 is 10.1 Å². The average molecular weight is 1020 g/mol. The molecule has 1 fully saturated rings. The highest BCUT2D eigenvalue weighted by Gasteiger charge is 2.44. The fourth-order valence-corrected chi connectivity index (χ4v) is 16.5. The first-order chi connectivity index (χ1) is 34.8. The van der Waals surface area contributed by atoms with E-state index >= 15 is 0 Å². The highest BCUT2D eigenvalue weighted by Crippen LogP contribution is 2.67. The zero-order chi connectivity index (χ0) is 49.0. The van der Waals surface area contributed by atoms with Crippen LogP contribution in [0.5, 0.6) is 0 Å². The van der Waals surface area contributed by atoms with Crippen LogP contribution in [0.15, 0.2) is 220 Å². The number of methoxy groups -OCH3 is 1. The lowest BCUT2D eigenvalue weighted by Gasteiger charge is -2.41. The lowest BCUT2D eigenvalue weighted by atomic mass is 9.84. The number of halogens is 2. The highest BCUT2D eigenvalue weighted by molar-refractivity contribution is 8.33. The Morgan fingerprint density at radius 1 is 0.676 bits per heavy atom. The van der Waals surface area contributed by atoms with Gasteiger partial charge in [-0.3, -0.25) is 14.6 Å². The Balaban J connectivity index is 0.972. The summed E-state index contributed by atoms with van der Waals surface area (Å²) in [5.74, 6) is 1.25. The third kappa shape index (κ3) is 11.1. The lowest BCUT2D eigenvalue weighted by molar-refractivity contribution is -0.137. The number of nitrogens with one attached hydrogen (secondary N) is 1. The predicted molar refractivity (Wildman–Crippen MR) is 296 cm³/mol. The summed E-state index contributed by atoms with van der Waals surface area (Å²) in [6.45, 7) is 2.98. The number of nitrogens with zero attached hydrogens (tertiary/aromatic N) is 2. The molecule has 10 heteroatoms. The second-order valence-corrected chi connectivity index (χ2v) is 23.6. The predicted octanol–water partition coefficient (Wildman–Crippen LogP) is 13.7. The standard InChI is InChI=1S/C61H61Cl2N3O3S2/c1-69-60(68)59-54(46-33-35-55(62)56(63)43-46)44-50-34-36-57(59)66(50)39-20-38-65(40-41-70-61(47-21-8-2-9-22-47,48-23-10-3-11-24-48)49-25-12-4-13-26-49)45-58(67)64-37-42-71(51-27-14-5-15-28-51,52-29-16-6-17-30-52)53-31-18-7-19-32-53/h2-19,21-33,35,43,50,57H,20,34,36-42,44-45H2,1H3,(H,64,67). The molecule has 2 heterocycles. The number of hydrogen-bond donors (Lipinski definition) is 1. The molecular weight excluding hydrogens is 958 g/mol. The Hall–Kier alpha value is -5.58. The number of benzene rings is 7. The van der Waals surface area contributed by atoms with Crippen LogP contribution >= 0.6 is 45.0 Å². The first-order valence-electron chi connectivity index (χ1n) is 24.6. The van der Waals surface area contributed by atoms with Crippen molar-refractivity contribution in [2.45, 2.75) is 57.2 Å². The zero-order valence-electron chi connectivity index (χ0n) is 40.2. The summed E-state index contributed by atoms with van der Waals surface area (Å²) in [5.41, 5.74) is 6.25. The van der Waals surface area contributed by atoms with Crippen LogP contribution in [0.4, 0.5) is 0 Å². The van der Waals surface area contributed by atoms with Crippen molar-refractivity contribution in [1.82, 2.24) is 15.1 Å². The van der Waals surface area contributed by atoms with Crippen LogP contribution in [0.1, 0.15) is 47.9 Å². The van der Waals surface area contributed by atoms with Gasteiger partial charge >= 0.3 is 5.97 Å². The fourth-order valence-electron chi connectivity index (χ4n) is 10.8. The van der Waals surface area contributed by atoms with Crippen molar-refractivity contribution in [2.24, 2.45) is 0 Å². The largest absolute Gasteiger partial charge is 0.466 e. The van der Waals surface area contributed by atoms with Gasteiger partial charge in [0.05, 0.1) is 34.0 Å². The smallest absolute Gasteiger partial charge is 0.335 e. The summed E-state index contributed by atoms with van der Waals surface area (Å²) in [5, 5.41) is 4.38. The molecule has 1 amide bonds. The van der Waals surface area contributed by atoms with E-state index in [0.717, 1.165) is 54.9 Å². The Kier molecular flexibility index (Phi) is 16.9. The molecule has 2 aliphatic heterocycles. The SMILES string of the molecule is COC(=O)C1=C(c2ccc(Cl)c(Cl)c2)CC2CCC1N2CCCN(CCSC(c1ccccc1)(c1ccccc1)c1ccccc1)CC(=O)NCCS(c1ccccc1)(c1ccccc1)c1ccccc1. The molecule has 364 valence electrons. The van der Waals surface area contributed by atoms with Gasteiger partial charge in [-0.05, 0) is 123 Å². The number of carbonyl (C=O) groups excluding carboxylic acids is 2. The second kappa shape index (κ2) is 23.8. The summed E-state index contributed by atoms with van der Waals surface area (Å²) in [7, 11) is -0.262. The van der Waals surface area contributed by atoms with Crippen molar-refractivity contribution in [3.63, 3.8) is 0 Å². The molecular formula is C61H61Cl2N3O3S2. The quantitative estimate of drug-likeness (QED) is 0.0572. The molecule has 6 nitrogen and oxygen atoms in total. The first kappa shape index (κ1) is 50.4. The summed E-state index contributed by atoms with van der Waals surface area (Å²) < 4.78 is 4.96. The second-order valence-electron chi connectivity index (χ2n) is 18.2. The van der Waals surface area contributed by atoms with Gasteiger partial charge in [0, 0.05) is 43.2 Å². The monoisotopic (exact) mass is 1020 g/mol. The first-order valence-corrected chi connectivity index (χ1v) is 28.1. The van der Waals surface area contributed by atoms with Gasteiger partial charge in [0.2, 0.25) is 5.91 Å². The van der Waals surface area contributed by atoms with Gasteiger partial charge in [0.15, 0.2) is 0 Å². The Morgan fingerprint density at radius 2 is 1.18 bits per heavy atom. The lowest BCUT2D eigenvalue weighted by Crippen LogP contribution is -2.45. The molecule has 2 bridgehead atoms. The van der Waals surface area contributed by atoms with Crippen molar-refractivity contribution >= 4 is 62.4 Å². The fraction of sp³-hybridized carbons (Fsp3) is 0.246. The van der Waals surface area contributed by atoms with Crippen LogP contribution in [0.25, 0.3) is 5.57 Å². The molecule has 9 rings (SSSR count). The minimum absolute atomic E-state index is 0.0122. The molecule has 0 spiro atoms. The topological polar surface area (TPSA) is 61.9 Å². The Bertz CT molecular complexity index is 2680. The maximum atomic E-state index is 14.5. The zero-order valence-corrected chi connectivity index (χ0v) is 43.3. The van der Waals surface area contributed by atoms with E-state index in [-0.39, 0.29) is 30.5 Å². The summed E-state index contributed by atoms with van der Waals surface area (Å²) in [6.07, 6.45) is 3.41. The van der Waals surface area contributed by atoms with E-state index < -0.39 is 14.8 Å². The Morgan fingerprint density at radius 3 is 1.68 bits per heavy atom. The number of fused-ring (bicyclic) bond motifs is 2. The van der Waals surface area contributed by atoms with Crippen LogP contribution in [0.2, 0.25) is 10.0 Å². The van der Waals surface area contributed by atoms with E-state index in [1.807, 2.05) is 23.9 Å². The molecule has 0 aliphatic carbocycles. The van der Waals surface area contributed by atoms with E-state index in [1.165, 1.54) is 38.5 Å². The average Bonchev–Trinajstić information content (AvgIpc) is 3.70. The summed E-state index contributed by atoms with van der Waals surface area (Å²) in [4.78, 5) is 36.7. The van der Waals surface area contributed by atoms with Crippen LogP contribution in [-0.2, 0) is 19.1 Å². The van der Waals surface area contributed by atoms with Gasteiger partial charge in [-0.2, -0.15) is 10.0 Å². The van der Waals surface area contributed by atoms with Gasteiger partial charge in [0.25, 0.3) is 0 Å². The summed E-state index contributed by atoms with van der Waals surface area (Å²) in [6, 6.07) is 70.6. The number of esters is 1. The molecule has 2 aliphatic rings. The van der Waals surface area contributed by atoms with Crippen molar-refractivity contribution in [2.75, 3.05) is 51.3 Å². The van der Waals surface area contributed by atoms with Crippen molar-refractivity contribution < 1.29 is 14.3 Å². The molecule has 0 aromatic heterocycles. The number of thioether (sulfide) groups is 1. The maximum Gasteiger partial charge on any atom is 0.335 e. The van der Waals surface area contributed by atoms with Crippen LogP contribution in [-0.4, -0.2) is 85.1 Å². The van der Waals surface area contributed by atoms with Gasteiger partial charge in [-0.15, -0.1) is 11.8 Å². The van der Waals surface area contributed by atoms with Crippen LogP contribution in [0, 0.1) is 0 Å². The highest BCUT2D eigenvalue weighted by atomic mass is 35.5. The van der Waals surface area contributed by atoms with Crippen molar-refractivity contribution in [1.29, 1.82) is 0 Å². The number of carbonyl (C=O) groups is 2. The molecule has 1 saturated heterocycles. The third-order valence-corrected chi connectivity index (χ3v) is 20.4. The number of ether oxygens (including phenoxy) is 1. The molecule has 2 unspecified atom stereocenters. The number of amides is 1. The molecule has 71 heavy (non-hydrogen) atoms. The van der Waals surface area contributed by atoms with E-state index in [2.05, 4.69) is 197 Å². The van der Waals surface area contributed by atoms with E-state index in [9.17, 15) is 9.59 Å². The molecule has 7 aromatic rings. The van der Waals surface area contributed by atoms with E-state index in [4.69, 9.17) is 27.9 Å². The minimum Gasteiger partial charge on any atom is -0.466 e.